The van der Waals surface area contributed by atoms with Crippen molar-refractivity contribution in [1.82, 2.24) is 4.90 Å². The number of carbonyl (C=O) groups excluding carboxylic acids is 1. The number of methoxy groups -OCH3 is 2. The number of carbonyl (C=O) groups is 1. The molecule has 2 aromatic rings. The van der Waals surface area contributed by atoms with Crippen LogP contribution in [0.5, 0.6) is 11.5 Å². The van der Waals surface area contributed by atoms with Crippen LogP contribution in [0.15, 0.2) is 63.5 Å². The zero-order chi connectivity index (χ0) is 27.6. The van der Waals surface area contributed by atoms with E-state index in [0.717, 1.165) is 11.3 Å². The summed E-state index contributed by atoms with van der Waals surface area (Å²) in [5.41, 5.74) is 9.69. The Hall–Kier alpha value is -2.99. The molecule has 2 aromatic carbocycles. The molecule has 2 N–H and O–H groups in total. The summed E-state index contributed by atoms with van der Waals surface area (Å²) in [7, 11) is 3.17. The molecule has 0 aromatic heterocycles. The minimum absolute atomic E-state index is 0.00818. The fraction of sp³-hybridized carbons (Fsp3) is 0.379. The molecule has 1 atom stereocenters. The molecule has 4 rings (SSSR count). The van der Waals surface area contributed by atoms with E-state index in [1.165, 1.54) is 0 Å². The van der Waals surface area contributed by atoms with Gasteiger partial charge in [-0.25, -0.2) is 0 Å². The monoisotopic (exact) mass is 599 g/mol. The van der Waals surface area contributed by atoms with Gasteiger partial charge in [0.15, 0.2) is 17.3 Å². The Balaban J connectivity index is 1.81. The predicted molar refractivity (Wildman–Crippen MR) is 150 cm³/mol. The Morgan fingerprint density at radius 2 is 1.95 bits per heavy atom. The van der Waals surface area contributed by atoms with Crippen LogP contribution < -0.4 is 15.2 Å². The molecule has 0 unspecified atom stereocenters. The van der Waals surface area contributed by atoms with E-state index < -0.39 is 5.92 Å². The molecular formula is C29H31BrClN3O4. The van der Waals surface area contributed by atoms with Crippen LogP contribution in [0, 0.1) is 16.7 Å². The summed E-state index contributed by atoms with van der Waals surface area (Å²) in [5, 5.41) is 10.9. The largest absolute Gasteiger partial charge is 0.493 e. The van der Waals surface area contributed by atoms with Gasteiger partial charge in [0.2, 0.25) is 0 Å². The number of rotatable bonds is 8. The van der Waals surface area contributed by atoms with Gasteiger partial charge in [-0.2, -0.15) is 5.26 Å². The first-order valence-corrected chi connectivity index (χ1v) is 13.4. The van der Waals surface area contributed by atoms with Gasteiger partial charge >= 0.3 is 0 Å². The van der Waals surface area contributed by atoms with Gasteiger partial charge in [-0.3, -0.25) is 4.79 Å². The maximum Gasteiger partial charge on any atom is 0.162 e. The van der Waals surface area contributed by atoms with E-state index in [0.29, 0.717) is 69.5 Å². The molecule has 0 amide bonds. The summed E-state index contributed by atoms with van der Waals surface area (Å²) in [6.07, 6.45) is 1.04. The molecule has 38 heavy (non-hydrogen) atoms. The summed E-state index contributed by atoms with van der Waals surface area (Å²) in [6, 6.07) is 13.4. The van der Waals surface area contributed by atoms with Crippen LogP contribution >= 0.6 is 27.5 Å². The van der Waals surface area contributed by atoms with Crippen molar-refractivity contribution in [2.75, 3.05) is 27.4 Å². The molecular weight excluding hydrogens is 570 g/mol. The van der Waals surface area contributed by atoms with Crippen LogP contribution in [-0.2, 0) is 16.1 Å². The highest BCUT2D eigenvalue weighted by Crippen LogP contribution is 2.51. The van der Waals surface area contributed by atoms with Gasteiger partial charge in [0.25, 0.3) is 0 Å². The predicted octanol–water partition coefficient (Wildman–Crippen LogP) is 6.07. The third-order valence-corrected chi connectivity index (χ3v) is 8.00. The first-order chi connectivity index (χ1) is 18.1. The highest BCUT2D eigenvalue weighted by atomic mass is 79.9. The normalized spacial score (nSPS) is 18.8. The van der Waals surface area contributed by atoms with E-state index in [1.54, 1.807) is 20.3 Å². The lowest BCUT2D eigenvalue weighted by Gasteiger charge is -2.44. The van der Waals surface area contributed by atoms with Crippen molar-refractivity contribution in [3.05, 3.63) is 79.7 Å². The number of halogens is 2. The zero-order valence-corrected chi connectivity index (χ0v) is 24.3. The van der Waals surface area contributed by atoms with E-state index in [-0.39, 0.29) is 17.8 Å². The molecule has 2 aliphatic rings. The van der Waals surface area contributed by atoms with Crippen molar-refractivity contribution in [3.63, 3.8) is 0 Å². The van der Waals surface area contributed by atoms with E-state index in [9.17, 15) is 10.1 Å². The molecule has 0 fully saturated rings. The zero-order valence-electron chi connectivity index (χ0n) is 21.9. The second kappa shape index (κ2) is 11.4. The number of Topliss-reactive ketones (excluding diaryl/α,β-unsaturated/α-hetero) is 1. The summed E-state index contributed by atoms with van der Waals surface area (Å²) in [6.45, 7) is 5.25. The average molecular weight is 601 g/mol. The lowest BCUT2D eigenvalue weighted by Crippen LogP contribution is -2.43. The average Bonchev–Trinajstić information content (AvgIpc) is 2.86. The number of nitrogens with zero attached hydrogens (tertiary/aromatic N) is 2. The third-order valence-electron chi connectivity index (χ3n) is 6.94. The second-order valence-corrected chi connectivity index (χ2v) is 11.5. The minimum Gasteiger partial charge on any atom is -0.493 e. The Kier molecular flexibility index (Phi) is 8.41. The standard InChI is InChI=1S/C29H31BrClN3O4/c1-29(2)13-22-27(23(35)14-29)26(19(15-32)28(33)34(22)9-10-36-3)18-11-24(37-4)25(12-20(18)30)38-16-17-7-5-6-8-21(17)31/h5-8,11-12,26H,9-10,13-14,16,33H2,1-4H3/t26-/m0/s1. The molecule has 9 heteroatoms. The molecule has 1 aliphatic carbocycles. The molecule has 0 bridgehead atoms. The van der Waals surface area contributed by atoms with Crippen LogP contribution in [0.25, 0.3) is 0 Å². The molecule has 200 valence electrons. The van der Waals surface area contributed by atoms with Gasteiger partial charge in [0, 0.05) is 46.4 Å². The van der Waals surface area contributed by atoms with Gasteiger partial charge in [0.05, 0.1) is 31.3 Å². The number of hydrogen-bond acceptors (Lipinski definition) is 7. The molecule has 0 spiro atoms. The van der Waals surface area contributed by atoms with Crippen molar-refractivity contribution in [3.8, 4) is 17.6 Å². The number of ketones is 1. The van der Waals surface area contributed by atoms with E-state index >= 15 is 0 Å². The van der Waals surface area contributed by atoms with Crippen LogP contribution in [0.2, 0.25) is 5.02 Å². The fourth-order valence-electron chi connectivity index (χ4n) is 5.14. The van der Waals surface area contributed by atoms with E-state index in [2.05, 4.69) is 35.8 Å². The number of hydrogen-bond donors (Lipinski definition) is 1. The van der Waals surface area contributed by atoms with Gasteiger partial charge in [-0.1, -0.05) is 59.6 Å². The topological polar surface area (TPSA) is 97.8 Å². The van der Waals surface area contributed by atoms with Crippen LogP contribution in [0.1, 0.15) is 43.7 Å². The summed E-state index contributed by atoms with van der Waals surface area (Å²) in [4.78, 5) is 15.5. The molecule has 0 saturated carbocycles. The highest BCUT2D eigenvalue weighted by molar-refractivity contribution is 9.10. The molecule has 7 nitrogen and oxygen atoms in total. The fourth-order valence-corrected chi connectivity index (χ4v) is 5.88. The molecule has 0 radical (unpaired) electrons. The number of ether oxygens (including phenoxy) is 3. The summed E-state index contributed by atoms with van der Waals surface area (Å²) in [5.74, 6) is 0.677. The lowest BCUT2D eigenvalue weighted by atomic mass is 9.68. The number of benzene rings is 2. The number of nitrogens with two attached hydrogens (primary N) is 1. The van der Waals surface area contributed by atoms with Gasteiger partial charge in [-0.05, 0) is 35.6 Å². The summed E-state index contributed by atoms with van der Waals surface area (Å²) < 4.78 is 17.7. The molecule has 1 aliphatic heterocycles. The first-order valence-electron chi connectivity index (χ1n) is 12.3. The SMILES string of the molecule is COCCN1C(N)=C(C#N)[C@H](c2cc(OC)c(OCc3ccccc3Cl)cc2Br)C2=C1CC(C)(C)CC2=O. The van der Waals surface area contributed by atoms with E-state index in [1.807, 2.05) is 35.2 Å². The number of nitriles is 1. The first kappa shape index (κ1) is 28.0. The van der Waals surface area contributed by atoms with Crippen LogP contribution in [-0.4, -0.2) is 38.1 Å². The van der Waals surface area contributed by atoms with Gasteiger partial charge in [-0.15, -0.1) is 0 Å². The van der Waals surface area contributed by atoms with Crippen molar-refractivity contribution in [2.45, 2.75) is 39.2 Å². The Morgan fingerprint density at radius 1 is 1.21 bits per heavy atom. The second-order valence-electron chi connectivity index (χ2n) is 10.2. The van der Waals surface area contributed by atoms with Crippen molar-refractivity contribution < 1.29 is 19.0 Å². The minimum atomic E-state index is -0.640. The Morgan fingerprint density at radius 3 is 2.61 bits per heavy atom. The quantitative estimate of drug-likeness (QED) is 0.393. The van der Waals surface area contributed by atoms with Crippen molar-refractivity contribution >= 4 is 33.3 Å². The molecule has 1 heterocycles. The molecule has 0 saturated heterocycles. The maximum absolute atomic E-state index is 13.7. The van der Waals surface area contributed by atoms with Crippen molar-refractivity contribution in [1.29, 1.82) is 5.26 Å². The van der Waals surface area contributed by atoms with Gasteiger partial charge in [0.1, 0.15) is 12.4 Å². The smallest absolute Gasteiger partial charge is 0.162 e. The van der Waals surface area contributed by atoms with Crippen molar-refractivity contribution in [2.24, 2.45) is 11.1 Å². The maximum atomic E-state index is 13.7. The Labute approximate surface area is 236 Å². The highest BCUT2D eigenvalue weighted by Gasteiger charge is 2.44. The van der Waals surface area contributed by atoms with Gasteiger partial charge < -0.3 is 24.8 Å². The lowest BCUT2D eigenvalue weighted by molar-refractivity contribution is -0.118. The Bertz CT molecular complexity index is 1360. The number of allylic oxidation sites excluding steroid dienone is 3. The van der Waals surface area contributed by atoms with Crippen LogP contribution in [0.3, 0.4) is 0 Å². The summed E-state index contributed by atoms with van der Waals surface area (Å²) >= 11 is 9.97. The third kappa shape index (κ3) is 5.42. The van der Waals surface area contributed by atoms with Crippen LogP contribution in [0.4, 0.5) is 0 Å². The van der Waals surface area contributed by atoms with E-state index in [4.69, 9.17) is 31.5 Å².